The molecule has 3 aromatic rings. The number of non-ortho nitro benzene ring substituents is 1. The van der Waals surface area contributed by atoms with E-state index in [1.807, 2.05) is 44.2 Å². The predicted octanol–water partition coefficient (Wildman–Crippen LogP) is 4.02. The Hall–Kier alpha value is -3.79. The number of carbonyl (C=O) groups excluding carboxylic acids is 1. The third-order valence-electron chi connectivity index (χ3n) is 4.18. The summed E-state index contributed by atoms with van der Waals surface area (Å²) in [4.78, 5) is 31.4. The van der Waals surface area contributed by atoms with Gasteiger partial charge in [-0.1, -0.05) is 49.0 Å². The van der Waals surface area contributed by atoms with Gasteiger partial charge in [0.25, 0.3) is 11.6 Å². The van der Waals surface area contributed by atoms with E-state index in [-0.39, 0.29) is 17.9 Å². The second kappa shape index (κ2) is 11.0. The van der Waals surface area contributed by atoms with Gasteiger partial charge in [-0.2, -0.15) is 10.1 Å². The summed E-state index contributed by atoms with van der Waals surface area (Å²) in [5, 5.41) is 15.6. The molecule has 0 radical (unpaired) electrons. The van der Waals surface area contributed by atoms with Crippen molar-refractivity contribution in [2.75, 3.05) is 12.4 Å². The summed E-state index contributed by atoms with van der Waals surface area (Å²) < 4.78 is 5.85. The molecule has 1 aromatic heterocycles. The zero-order chi connectivity index (χ0) is 22.9. The lowest BCUT2D eigenvalue weighted by Crippen LogP contribution is -2.23. The van der Waals surface area contributed by atoms with Crippen molar-refractivity contribution in [3.8, 4) is 5.88 Å². The summed E-state index contributed by atoms with van der Waals surface area (Å²) in [5.74, 6) is 0.764. The number of thioether (sulfide) groups is 1. The molecule has 0 aliphatic carbocycles. The third-order valence-corrected chi connectivity index (χ3v) is 4.91. The van der Waals surface area contributed by atoms with Crippen LogP contribution in [-0.4, -0.2) is 38.9 Å². The van der Waals surface area contributed by atoms with Crippen LogP contribution in [0.1, 0.15) is 28.5 Å². The highest BCUT2D eigenvalue weighted by Gasteiger charge is 2.12. The first-order valence-corrected chi connectivity index (χ1v) is 10.7. The van der Waals surface area contributed by atoms with Crippen molar-refractivity contribution in [1.82, 2.24) is 15.4 Å². The molecular formula is C22H21N5O4S. The van der Waals surface area contributed by atoms with Crippen LogP contribution in [0.5, 0.6) is 5.88 Å². The molecule has 0 atom stereocenters. The molecule has 1 N–H and O–H groups in total. The van der Waals surface area contributed by atoms with E-state index in [0.29, 0.717) is 16.7 Å². The SMILES string of the molecule is CCSc1nc(C)cc(OCC(=NNC(=O)c2ccc([N+](=O)[O-])cc2)c2ccccc2)n1. The Bertz CT molecular complexity index is 1120. The Morgan fingerprint density at radius 2 is 1.84 bits per heavy atom. The Morgan fingerprint density at radius 1 is 1.12 bits per heavy atom. The standard InChI is InChI=1S/C22H21N5O4S/c1-3-32-22-23-15(2)13-20(24-22)31-14-19(16-7-5-4-6-8-16)25-26-21(28)17-9-11-18(12-10-17)27(29)30/h4-13H,3,14H2,1-2H3,(H,26,28). The number of amides is 1. The molecule has 0 saturated carbocycles. The molecule has 3 rings (SSSR count). The lowest BCUT2D eigenvalue weighted by molar-refractivity contribution is -0.384. The highest BCUT2D eigenvalue weighted by atomic mass is 32.2. The van der Waals surface area contributed by atoms with Crippen LogP contribution in [0, 0.1) is 17.0 Å². The van der Waals surface area contributed by atoms with Gasteiger partial charge in [0, 0.05) is 35.0 Å². The van der Waals surface area contributed by atoms with E-state index in [4.69, 9.17) is 4.74 Å². The van der Waals surface area contributed by atoms with Crippen LogP contribution in [0.3, 0.4) is 0 Å². The topological polar surface area (TPSA) is 120 Å². The van der Waals surface area contributed by atoms with E-state index in [0.717, 1.165) is 17.0 Å². The zero-order valence-corrected chi connectivity index (χ0v) is 18.3. The summed E-state index contributed by atoms with van der Waals surface area (Å²) in [6, 6.07) is 16.3. The minimum Gasteiger partial charge on any atom is -0.471 e. The molecule has 0 spiro atoms. The number of rotatable bonds is 9. The average molecular weight is 452 g/mol. The molecule has 32 heavy (non-hydrogen) atoms. The first-order valence-electron chi connectivity index (χ1n) is 9.74. The lowest BCUT2D eigenvalue weighted by atomic mass is 10.1. The van der Waals surface area contributed by atoms with Gasteiger partial charge in [0.2, 0.25) is 5.88 Å². The van der Waals surface area contributed by atoms with Crippen LogP contribution in [0.2, 0.25) is 0 Å². The Kier molecular flexibility index (Phi) is 7.87. The van der Waals surface area contributed by atoms with Gasteiger partial charge >= 0.3 is 0 Å². The first-order chi connectivity index (χ1) is 15.5. The van der Waals surface area contributed by atoms with Gasteiger partial charge in [-0.15, -0.1) is 0 Å². The zero-order valence-electron chi connectivity index (χ0n) is 17.5. The summed E-state index contributed by atoms with van der Waals surface area (Å²) in [6.45, 7) is 3.95. The van der Waals surface area contributed by atoms with Gasteiger partial charge in [-0.25, -0.2) is 10.4 Å². The number of ether oxygens (including phenoxy) is 1. The molecule has 0 aliphatic rings. The molecule has 0 saturated heterocycles. The van der Waals surface area contributed by atoms with Crippen molar-refractivity contribution >= 4 is 29.1 Å². The highest BCUT2D eigenvalue weighted by Crippen LogP contribution is 2.18. The number of nitrogens with one attached hydrogen (secondary N) is 1. The molecule has 164 valence electrons. The summed E-state index contributed by atoms with van der Waals surface area (Å²) >= 11 is 1.52. The molecule has 9 nitrogen and oxygen atoms in total. The molecule has 0 aliphatic heterocycles. The molecule has 0 bridgehead atoms. The number of hydrogen-bond acceptors (Lipinski definition) is 8. The molecule has 2 aromatic carbocycles. The molecule has 1 amide bonds. The molecule has 0 unspecified atom stereocenters. The second-order valence-corrected chi connectivity index (χ2v) is 7.75. The fourth-order valence-corrected chi connectivity index (χ4v) is 3.27. The smallest absolute Gasteiger partial charge is 0.271 e. The predicted molar refractivity (Wildman–Crippen MR) is 122 cm³/mol. The molecule has 10 heteroatoms. The quantitative estimate of drug-likeness (QED) is 0.171. The van der Waals surface area contributed by atoms with Crippen molar-refractivity contribution in [2.45, 2.75) is 19.0 Å². The van der Waals surface area contributed by atoms with Gasteiger partial charge in [0.1, 0.15) is 12.3 Å². The van der Waals surface area contributed by atoms with Crippen molar-refractivity contribution in [2.24, 2.45) is 5.10 Å². The maximum Gasteiger partial charge on any atom is 0.271 e. The fourth-order valence-electron chi connectivity index (χ4n) is 2.65. The van der Waals surface area contributed by atoms with Crippen LogP contribution in [0.15, 0.2) is 70.9 Å². The lowest BCUT2D eigenvalue weighted by Gasteiger charge is -2.10. The second-order valence-electron chi connectivity index (χ2n) is 6.52. The molecular weight excluding hydrogens is 430 g/mol. The van der Waals surface area contributed by atoms with E-state index >= 15 is 0 Å². The third kappa shape index (κ3) is 6.35. The fraction of sp³-hybridized carbons (Fsp3) is 0.182. The maximum absolute atomic E-state index is 12.4. The minimum absolute atomic E-state index is 0.0667. The van der Waals surface area contributed by atoms with Crippen LogP contribution < -0.4 is 10.2 Å². The largest absolute Gasteiger partial charge is 0.471 e. The number of nitro groups is 1. The maximum atomic E-state index is 12.4. The summed E-state index contributed by atoms with van der Waals surface area (Å²) in [5.41, 5.74) is 4.69. The number of aromatic nitrogens is 2. The van der Waals surface area contributed by atoms with Gasteiger partial charge in [0.05, 0.1) is 4.92 Å². The normalized spacial score (nSPS) is 11.1. The number of nitro benzene ring substituents is 1. The highest BCUT2D eigenvalue weighted by molar-refractivity contribution is 7.99. The van der Waals surface area contributed by atoms with Gasteiger partial charge in [0.15, 0.2) is 5.16 Å². The van der Waals surface area contributed by atoms with Crippen LogP contribution >= 0.6 is 11.8 Å². The number of carbonyl (C=O) groups is 1. The average Bonchev–Trinajstić information content (AvgIpc) is 2.79. The van der Waals surface area contributed by atoms with E-state index in [1.54, 1.807) is 6.07 Å². The van der Waals surface area contributed by atoms with Crippen molar-refractivity contribution in [3.05, 3.63) is 87.6 Å². The minimum atomic E-state index is -0.524. The number of benzene rings is 2. The van der Waals surface area contributed by atoms with Gasteiger partial charge in [-0.3, -0.25) is 14.9 Å². The van der Waals surface area contributed by atoms with E-state index in [1.165, 1.54) is 36.0 Å². The number of hydrazone groups is 1. The van der Waals surface area contributed by atoms with Crippen molar-refractivity contribution < 1.29 is 14.5 Å². The Balaban J connectivity index is 1.77. The molecule has 0 fully saturated rings. The summed E-state index contributed by atoms with van der Waals surface area (Å²) in [7, 11) is 0. The van der Waals surface area contributed by atoms with Crippen LogP contribution in [0.25, 0.3) is 0 Å². The van der Waals surface area contributed by atoms with Gasteiger partial charge < -0.3 is 4.74 Å². The number of nitrogens with zero attached hydrogens (tertiary/aromatic N) is 4. The van der Waals surface area contributed by atoms with Crippen molar-refractivity contribution in [3.63, 3.8) is 0 Å². The van der Waals surface area contributed by atoms with E-state index < -0.39 is 10.8 Å². The first kappa shape index (κ1) is 22.9. The van der Waals surface area contributed by atoms with Gasteiger partial charge in [-0.05, 0) is 24.8 Å². The van der Waals surface area contributed by atoms with Crippen LogP contribution in [0.4, 0.5) is 5.69 Å². The number of aryl methyl sites for hydroxylation is 1. The van der Waals surface area contributed by atoms with Crippen LogP contribution in [-0.2, 0) is 0 Å². The van der Waals surface area contributed by atoms with E-state index in [2.05, 4.69) is 20.5 Å². The van der Waals surface area contributed by atoms with E-state index in [9.17, 15) is 14.9 Å². The number of hydrogen-bond donors (Lipinski definition) is 1. The Morgan fingerprint density at radius 3 is 2.50 bits per heavy atom. The monoisotopic (exact) mass is 451 g/mol. The van der Waals surface area contributed by atoms with Crippen molar-refractivity contribution in [1.29, 1.82) is 0 Å². The molecule has 1 heterocycles. The summed E-state index contributed by atoms with van der Waals surface area (Å²) in [6.07, 6.45) is 0. The Labute approximate surface area is 189 Å².